The average molecular weight is 292 g/mol. The van der Waals surface area contributed by atoms with Crippen LogP contribution in [0.3, 0.4) is 0 Å². The predicted octanol–water partition coefficient (Wildman–Crippen LogP) is 2.69. The Labute approximate surface area is 118 Å². The van der Waals surface area contributed by atoms with E-state index in [2.05, 4.69) is 25.3 Å². The van der Waals surface area contributed by atoms with Gasteiger partial charge in [-0.2, -0.15) is 0 Å². The van der Waals surface area contributed by atoms with Crippen molar-refractivity contribution in [3.63, 3.8) is 0 Å². The zero-order valence-electron chi connectivity index (χ0n) is 10.7. The van der Waals surface area contributed by atoms with Gasteiger partial charge in [-0.05, 0) is 0 Å². The van der Waals surface area contributed by atoms with E-state index in [0.717, 1.165) is 16.7 Å². The van der Waals surface area contributed by atoms with Gasteiger partial charge in [0.15, 0.2) is 10.3 Å². The summed E-state index contributed by atoms with van der Waals surface area (Å²) < 4.78 is 2.80. The summed E-state index contributed by atoms with van der Waals surface area (Å²) in [5.41, 5.74) is 1.95. The van der Waals surface area contributed by atoms with Gasteiger partial charge in [0.2, 0.25) is 0 Å². The van der Waals surface area contributed by atoms with E-state index in [0.29, 0.717) is 14.9 Å². The fraction of sp³-hybridized carbons (Fsp3) is 0.364. The van der Waals surface area contributed by atoms with E-state index in [1.54, 1.807) is 10.8 Å². The minimum Gasteiger partial charge on any atom is -0.331 e. The summed E-state index contributed by atoms with van der Waals surface area (Å²) in [6.45, 7) is 6.15. The quantitative estimate of drug-likeness (QED) is 0.623. The Morgan fingerprint density at radius 1 is 1.21 bits per heavy atom. The van der Waals surface area contributed by atoms with E-state index >= 15 is 0 Å². The molecule has 0 saturated carbocycles. The number of nitrogens with zero attached hydrogens (tertiary/aromatic N) is 4. The van der Waals surface area contributed by atoms with Crippen LogP contribution >= 0.6 is 24.4 Å². The minimum atomic E-state index is -0.165. The van der Waals surface area contributed by atoms with Crippen LogP contribution in [-0.4, -0.2) is 29.8 Å². The third-order valence-electron chi connectivity index (χ3n) is 2.87. The highest BCUT2D eigenvalue weighted by Crippen LogP contribution is 2.23. The Morgan fingerprint density at radius 2 is 1.95 bits per heavy atom. The first-order valence-corrected chi connectivity index (χ1v) is 6.56. The van der Waals surface area contributed by atoms with Gasteiger partial charge in [0.25, 0.3) is 0 Å². The molecule has 3 heterocycles. The zero-order valence-corrected chi connectivity index (χ0v) is 12.3. The van der Waals surface area contributed by atoms with Gasteiger partial charge in [0.05, 0.1) is 11.7 Å². The van der Waals surface area contributed by atoms with Gasteiger partial charge >= 0.3 is 0 Å². The van der Waals surface area contributed by atoms with Crippen LogP contribution in [-0.2, 0) is 5.41 Å². The Bertz CT molecular complexity index is 895. The Morgan fingerprint density at radius 3 is 2.63 bits per heavy atom. The molecule has 0 aliphatic carbocycles. The Hall–Kier alpha value is -1.67. The maximum Gasteiger partial charge on any atom is 0.189 e. The largest absolute Gasteiger partial charge is 0.331 e. The molecule has 0 aliphatic heterocycles. The lowest BCUT2D eigenvalue weighted by Gasteiger charge is -2.16. The number of hydrogen-bond acceptors (Lipinski definition) is 5. The molecule has 0 fully saturated rings. The van der Waals surface area contributed by atoms with Crippen LogP contribution in [0, 0.1) is 9.28 Å². The molecule has 2 N–H and O–H groups in total. The van der Waals surface area contributed by atoms with Crippen LogP contribution in [0.4, 0.5) is 0 Å². The minimum absolute atomic E-state index is 0.165. The second kappa shape index (κ2) is 3.91. The van der Waals surface area contributed by atoms with Gasteiger partial charge in [-0.25, -0.2) is 9.50 Å². The molecule has 0 aromatic carbocycles. The standard InChI is InChI=1S/C11H12N6S2/c1-11(2,3)6-10(19)17-8(15-14-6)5-7(16-17)12-4-13-9(5)18/h4H,1-3H3,(H2,12,13,16,18). The van der Waals surface area contributed by atoms with Crippen LogP contribution in [0.1, 0.15) is 26.5 Å². The summed E-state index contributed by atoms with van der Waals surface area (Å²) in [5.74, 6) is 0. The normalized spacial score (nSPS) is 12.4. The summed E-state index contributed by atoms with van der Waals surface area (Å²) in [4.78, 5) is 7.05. The van der Waals surface area contributed by atoms with Crippen LogP contribution < -0.4 is 0 Å². The van der Waals surface area contributed by atoms with Crippen molar-refractivity contribution in [2.75, 3.05) is 0 Å². The number of rotatable bonds is 0. The third kappa shape index (κ3) is 1.79. The molecule has 3 aromatic rings. The van der Waals surface area contributed by atoms with Crippen LogP contribution in [0.2, 0.25) is 0 Å². The molecule has 19 heavy (non-hydrogen) atoms. The fourth-order valence-electron chi connectivity index (χ4n) is 1.93. The van der Waals surface area contributed by atoms with E-state index in [4.69, 9.17) is 24.4 Å². The highest BCUT2D eigenvalue weighted by molar-refractivity contribution is 7.71. The van der Waals surface area contributed by atoms with Crippen LogP contribution in [0.5, 0.6) is 0 Å². The zero-order chi connectivity index (χ0) is 13.8. The lowest BCUT2D eigenvalue weighted by molar-refractivity contribution is 0.548. The molecule has 8 heteroatoms. The highest BCUT2D eigenvalue weighted by atomic mass is 32.1. The van der Waals surface area contributed by atoms with Crippen molar-refractivity contribution >= 4 is 41.1 Å². The second-order valence-corrected chi connectivity index (χ2v) is 6.11. The Balaban J connectivity index is 2.54. The van der Waals surface area contributed by atoms with E-state index in [-0.39, 0.29) is 5.41 Å². The first kappa shape index (κ1) is 12.4. The Kier molecular flexibility index (Phi) is 2.55. The molecular formula is C11H12N6S2. The van der Waals surface area contributed by atoms with Gasteiger partial charge in [-0.3, -0.25) is 5.10 Å². The predicted molar refractivity (Wildman–Crippen MR) is 77.4 cm³/mol. The topological polar surface area (TPSA) is 74.7 Å². The second-order valence-electron chi connectivity index (χ2n) is 5.33. The molecular weight excluding hydrogens is 280 g/mol. The van der Waals surface area contributed by atoms with Crippen molar-refractivity contribution in [3.05, 3.63) is 21.3 Å². The highest BCUT2D eigenvalue weighted by Gasteiger charge is 2.21. The number of hydrogen-bond donors (Lipinski definition) is 2. The van der Waals surface area contributed by atoms with Crippen molar-refractivity contribution < 1.29 is 0 Å². The van der Waals surface area contributed by atoms with Gasteiger partial charge < -0.3 is 4.98 Å². The number of aromatic amines is 2. The molecule has 98 valence electrons. The molecule has 0 aliphatic rings. The maximum atomic E-state index is 5.49. The number of H-pyrrole nitrogens is 2. The molecule has 3 rings (SSSR count). The number of nitrogens with one attached hydrogen (secondary N) is 2. The molecule has 0 unspecified atom stereocenters. The average Bonchev–Trinajstić information content (AvgIpc) is 2.68. The van der Waals surface area contributed by atoms with E-state index in [9.17, 15) is 0 Å². The van der Waals surface area contributed by atoms with Crippen LogP contribution in [0.25, 0.3) is 16.7 Å². The van der Waals surface area contributed by atoms with Gasteiger partial charge in [-0.1, -0.05) is 45.2 Å². The van der Waals surface area contributed by atoms with Crippen molar-refractivity contribution in [2.24, 2.45) is 0 Å². The third-order valence-corrected chi connectivity index (χ3v) is 3.56. The summed E-state index contributed by atoms with van der Waals surface area (Å²) in [7, 11) is 0. The first-order chi connectivity index (χ1) is 8.89. The molecule has 3 aromatic heterocycles. The lowest BCUT2D eigenvalue weighted by Crippen LogP contribution is -2.17. The number of fused-ring (bicyclic) bond motifs is 3. The van der Waals surface area contributed by atoms with Gasteiger partial charge in [-0.15, -0.1) is 10.2 Å². The molecule has 0 radical (unpaired) electrons. The summed E-state index contributed by atoms with van der Waals surface area (Å²) in [6, 6.07) is 0. The molecule has 0 spiro atoms. The molecule has 0 saturated heterocycles. The van der Waals surface area contributed by atoms with E-state index < -0.39 is 0 Å². The van der Waals surface area contributed by atoms with E-state index in [1.165, 1.54) is 0 Å². The van der Waals surface area contributed by atoms with Crippen molar-refractivity contribution in [2.45, 2.75) is 26.2 Å². The smallest absolute Gasteiger partial charge is 0.189 e. The SMILES string of the molecule is CC(C)(C)c1nnc2c3c(=S)nc[nH]c3[nH]n2c1=S. The van der Waals surface area contributed by atoms with Crippen LogP contribution in [0.15, 0.2) is 6.33 Å². The lowest BCUT2D eigenvalue weighted by atomic mass is 9.93. The molecule has 0 bridgehead atoms. The van der Waals surface area contributed by atoms with Crippen molar-refractivity contribution in [1.82, 2.24) is 29.8 Å². The molecule has 6 nitrogen and oxygen atoms in total. The van der Waals surface area contributed by atoms with Crippen molar-refractivity contribution in [3.8, 4) is 0 Å². The summed E-state index contributed by atoms with van der Waals surface area (Å²) in [6.07, 6.45) is 1.54. The first-order valence-electron chi connectivity index (χ1n) is 5.75. The van der Waals surface area contributed by atoms with Crippen molar-refractivity contribution in [1.29, 1.82) is 0 Å². The molecule has 0 atom stereocenters. The molecule has 0 amide bonds. The number of aromatic nitrogens is 6. The summed E-state index contributed by atoms with van der Waals surface area (Å²) >= 11 is 10.7. The summed E-state index contributed by atoms with van der Waals surface area (Å²) in [5, 5.41) is 12.4. The monoisotopic (exact) mass is 292 g/mol. The van der Waals surface area contributed by atoms with E-state index in [1.807, 2.05) is 20.8 Å². The van der Waals surface area contributed by atoms with Gasteiger partial charge in [0, 0.05) is 5.41 Å². The maximum absolute atomic E-state index is 5.49. The van der Waals surface area contributed by atoms with Gasteiger partial charge in [0.1, 0.15) is 16.0 Å². The fourth-order valence-corrected chi connectivity index (χ4v) is 2.65.